The highest BCUT2D eigenvalue weighted by atomic mass is 16.3. The van der Waals surface area contributed by atoms with Gasteiger partial charge in [-0.05, 0) is 108 Å². The van der Waals surface area contributed by atoms with Crippen molar-refractivity contribution in [1.82, 2.24) is 55.6 Å². The predicted molar refractivity (Wildman–Crippen MR) is 341 cm³/mol. The van der Waals surface area contributed by atoms with Crippen LogP contribution in [0.4, 0.5) is 0 Å². The average Bonchev–Trinajstić information content (AvgIpc) is 2.62. The minimum atomic E-state index is -1.61. The first-order chi connectivity index (χ1) is 40.6. The van der Waals surface area contributed by atoms with Crippen molar-refractivity contribution in [2.45, 2.75) is 230 Å². The number of rotatable bonds is 15. The molecule has 0 saturated carbocycles. The van der Waals surface area contributed by atoms with Gasteiger partial charge in [-0.2, -0.15) is 0 Å². The Morgan fingerprint density at radius 3 is 1.30 bits per heavy atom. The summed E-state index contributed by atoms with van der Waals surface area (Å²) in [5, 5.41) is 30.6. The van der Waals surface area contributed by atoms with Crippen molar-refractivity contribution in [3.05, 3.63) is 12.2 Å². The van der Waals surface area contributed by atoms with Crippen LogP contribution in [0.25, 0.3) is 0 Å². The minimum Gasteiger partial charge on any atom is -0.397 e. The van der Waals surface area contributed by atoms with Crippen LogP contribution in [0.2, 0.25) is 0 Å². The molecule has 1 fully saturated rings. The van der Waals surface area contributed by atoms with Crippen molar-refractivity contribution in [1.29, 1.82) is 0 Å². The largest absolute Gasteiger partial charge is 0.397 e. The van der Waals surface area contributed by atoms with E-state index in [4.69, 9.17) is 5.11 Å². The van der Waals surface area contributed by atoms with Gasteiger partial charge in [0.15, 0.2) is 0 Å². The fourth-order valence-electron chi connectivity index (χ4n) is 10.7. The number of nitrogens with zero attached hydrogens (tertiary/aromatic N) is 7. The van der Waals surface area contributed by atoms with Gasteiger partial charge < -0.3 is 65.8 Å². The highest BCUT2D eigenvalue weighted by Crippen LogP contribution is 2.26. The van der Waals surface area contributed by atoms with Gasteiger partial charge in [-0.25, -0.2) is 0 Å². The molecule has 0 unspecified atom stereocenters. The van der Waals surface area contributed by atoms with E-state index in [1.54, 1.807) is 61.5 Å². The molecule has 0 spiro atoms. The topological polar surface area (TPSA) is 299 Å². The smallest absolute Gasteiger partial charge is 0.246 e. The molecule has 12 atom stereocenters. The van der Waals surface area contributed by atoms with Crippen LogP contribution in [0.5, 0.6) is 0 Å². The molecule has 1 aliphatic heterocycles. The van der Waals surface area contributed by atoms with Gasteiger partial charge in [-0.3, -0.25) is 52.7 Å². The van der Waals surface area contributed by atoms with Crippen LogP contribution in [-0.4, -0.2) is 238 Å². The first kappa shape index (κ1) is 81.8. The Balaban J connectivity index is 0.0000247. The zero-order valence-electron chi connectivity index (χ0n) is 58.2. The third kappa shape index (κ3) is 24.0. The van der Waals surface area contributed by atoms with Crippen molar-refractivity contribution < 1.29 is 63.0 Å². The van der Waals surface area contributed by atoms with E-state index in [0.29, 0.717) is 6.42 Å². The molecule has 24 nitrogen and oxygen atoms in total. The number of aliphatic hydroxyl groups excluding tert-OH is 2. The van der Waals surface area contributed by atoms with Crippen molar-refractivity contribution in [3.63, 3.8) is 0 Å². The van der Waals surface area contributed by atoms with Gasteiger partial charge in [0.2, 0.25) is 65.0 Å². The van der Waals surface area contributed by atoms with Gasteiger partial charge in [0, 0.05) is 55.9 Å². The first-order valence-corrected chi connectivity index (χ1v) is 31.6. The summed E-state index contributed by atoms with van der Waals surface area (Å²) in [5.74, 6) is -9.71. The van der Waals surface area contributed by atoms with E-state index >= 15 is 9.59 Å². The van der Waals surface area contributed by atoms with E-state index in [-0.39, 0.29) is 62.4 Å². The number of hydrogen-bond acceptors (Lipinski definition) is 13. The van der Waals surface area contributed by atoms with Crippen LogP contribution < -0.4 is 21.3 Å². The van der Waals surface area contributed by atoms with Crippen LogP contribution in [0.1, 0.15) is 163 Å². The summed E-state index contributed by atoms with van der Waals surface area (Å²) in [6, 6.07) is -12.3. The highest BCUT2D eigenvalue weighted by molar-refractivity contribution is 5.99. The number of carbonyl (C=O) groups excluding carboxylic acids is 11. The third-order valence-electron chi connectivity index (χ3n) is 16.1. The fourth-order valence-corrected chi connectivity index (χ4v) is 10.7. The second-order valence-corrected chi connectivity index (χ2v) is 26.4. The highest BCUT2D eigenvalue weighted by Gasteiger charge is 2.45. The van der Waals surface area contributed by atoms with Gasteiger partial charge in [0.05, 0.1) is 12.6 Å². The lowest BCUT2D eigenvalue weighted by molar-refractivity contribution is -0.157. The second kappa shape index (κ2) is 38.4. The molecule has 24 heteroatoms. The summed E-state index contributed by atoms with van der Waals surface area (Å²) in [6.07, 6.45) is 3.04. The molecule has 1 aliphatic rings. The summed E-state index contributed by atoms with van der Waals surface area (Å²) in [5.41, 5.74) is 0. The van der Waals surface area contributed by atoms with Crippen LogP contribution in [0.15, 0.2) is 12.2 Å². The standard InChI is InChI=1S/C62H111N11O12.C2H6O/c1-25-27-28-40(15)52(75)51-56(79)65-43(26-2)58(81)67(18)33-48(74)68(19)44(29-34(3)4)55(78)66-49(38(11)12)61(84)69(20)45(30-35(5)6)54(77)63-41(16)53(76)64-42(17)57(80)70(21)46(31-36(7)8)59(82)71(22)47(32-37(9)10)60(83)72(23)50(39(13)14)62(85)73(51)24;1-2-3/h25,27,34-47,49-52,75H,26,28-33H2,1-24H3,(H,63,77)(H,64,76)(H,65,79)(H,66,78);3H,2H2,1H3/t40-,41+,42-,43+,44+,45+,46+,47+,49+,50+,51+,52-;/m1./s1. The van der Waals surface area contributed by atoms with E-state index in [9.17, 15) is 48.3 Å². The molecule has 0 aromatic carbocycles. The lowest BCUT2D eigenvalue weighted by Gasteiger charge is -2.41. The summed E-state index contributed by atoms with van der Waals surface area (Å²) < 4.78 is 0. The van der Waals surface area contributed by atoms with Crippen LogP contribution in [0, 0.1) is 41.4 Å². The van der Waals surface area contributed by atoms with Crippen molar-refractivity contribution in [2.24, 2.45) is 41.4 Å². The predicted octanol–water partition coefficient (Wildman–Crippen LogP) is 3.27. The quantitative estimate of drug-likeness (QED) is 0.129. The number of carbonyl (C=O) groups is 11. The lowest BCUT2D eigenvalue weighted by Crippen LogP contribution is -2.63. The molecule has 88 heavy (non-hydrogen) atoms. The number of hydrogen-bond donors (Lipinski definition) is 6. The number of aliphatic hydroxyl groups is 2. The van der Waals surface area contributed by atoms with Crippen molar-refractivity contribution in [2.75, 3.05) is 62.5 Å². The first-order valence-electron chi connectivity index (χ1n) is 31.6. The van der Waals surface area contributed by atoms with E-state index in [1.807, 2.05) is 61.5 Å². The molecule has 506 valence electrons. The van der Waals surface area contributed by atoms with Crippen LogP contribution >= 0.6 is 0 Å². The van der Waals surface area contributed by atoms with Gasteiger partial charge in [-0.1, -0.05) is 109 Å². The van der Waals surface area contributed by atoms with E-state index in [2.05, 4.69) is 21.3 Å². The summed E-state index contributed by atoms with van der Waals surface area (Å²) in [6.45, 7) is 31.3. The number of likely N-dealkylation sites (N-methyl/N-ethyl adjacent to an activating group) is 7. The maximum absolute atomic E-state index is 15.1. The molecule has 1 heterocycles. The fraction of sp³-hybridized carbons (Fsp3) is 0.797. The number of nitrogens with one attached hydrogen (secondary N) is 4. The molecule has 6 N–H and O–H groups in total. The van der Waals surface area contributed by atoms with Gasteiger partial charge in [0.25, 0.3) is 0 Å². The summed E-state index contributed by atoms with van der Waals surface area (Å²) in [7, 11) is 9.92. The van der Waals surface area contributed by atoms with E-state index < -0.39 is 156 Å². The molecule has 1 rings (SSSR count). The molecule has 0 bridgehead atoms. The molecular weight excluding hydrogens is 1130 g/mol. The Morgan fingerprint density at radius 1 is 0.466 bits per heavy atom. The maximum atomic E-state index is 15.1. The van der Waals surface area contributed by atoms with Gasteiger partial charge >= 0.3 is 0 Å². The minimum absolute atomic E-state index is 0.0229. The number of amides is 11. The van der Waals surface area contributed by atoms with Crippen LogP contribution in [-0.2, 0) is 52.7 Å². The second-order valence-electron chi connectivity index (χ2n) is 26.4. The lowest BCUT2D eigenvalue weighted by atomic mass is 9.91. The zero-order valence-corrected chi connectivity index (χ0v) is 58.2. The summed E-state index contributed by atoms with van der Waals surface area (Å²) in [4.78, 5) is 169. The van der Waals surface area contributed by atoms with E-state index in [1.165, 1.54) is 87.7 Å². The average molecular weight is 1250 g/mol. The summed E-state index contributed by atoms with van der Waals surface area (Å²) >= 11 is 0. The Labute approximate surface area is 527 Å². The SMILES string of the molecule is CC=CC[C@@H](C)[C@@H](O)[C@H]1C(=O)N[C@@H](CC)C(=O)N(C)CC(=O)N(C)[C@@H](CC(C)C)C(=O)N[C@@H](C(C)C)C(=O)N(C)[C@@H](CC(C)C)C(=O)N[C@@H](C)C(=O)N[C@H](C)C(=O)N(C)[C@@H](CC(C)C)C(=O)N(C)[C@@H](CC(C)C)C(=O)N(C)[C@@H](C(C)C)C(=O)N1C.CCO. The van der Waals surface area contributed by atoms with Gasteiger partial charge in [0.1, 0.15) is 60.4 Å². The van der Waals surface area contributed by atoms with E-state index in [0.717, 1.165) is 9.80 Å². The monoisotopic (exact) mass is 1250 g/mol. The molecule has 1 saturated heterocycles. The normalized spacial score (nSPS) is 26.2. The molecule has 0 aliphatic carbocycles. The Morgan fingerprint density at radius 2 is 0.864 bits per heavy atom. The van der Waals surface area contributed by atoms with Crippen molar-refractivity contribution >= 4 is 65.0 Å². The molecule has 0 aromatic rings. The molecular formula is C64H117N11O13. The Bertz CT molecular complexity index is 2350. The maximum Gasteiger partial charge on any atom is 0.246 e. The third-order valence-corrected chi connectivity index (χ3v) is 16.1. The molecule has 0 aromatic heterocycles. The van der Waals surface area contributed by atoms with Crippen LogP contribution in [0.3, 0.4) is 0 Å². The Hall–Kier alpha value is -6.17. The number of allylic oxidation sites excluding steroid dienone is 2. The molecule has 11 amide bonds. The molecule has 0 radical (unpaired) electrons. The van der Waals surface area contributed by atoms with Gasteiger partial charge in [-0.15, -0.1) is 0 Å². The Kier molecular flexibility index (Phi) is 35.7. The zero-order chi connectivity index (χ0) is 68.7. The van der Waals surface area contributed by atoms with Crippen molar-refractivity contribution in [3.8, 4) is 0 Å².